The fourth-order valence-corrected chi connectivity index (χ4v) is 3.40. The smallest absolute Gasteiger partial charge is 0.119 e. The van der Waals surface area contributed by atoms with E-state index in [2.05, 4.69) is 41.8 Å². The Morgan fingerprint density at radius 1 is 1.00 bits per heavy atom. The lowest BCUT2D eigenvalue weighted by Gasteiger charge is -2.19. The molecule has 1 atom stereocenters. The van der Waals surface area contributed by atoms with Gasteiger partial charge in [-0.1, -0.05) is 36.4 Å². The Morgan fingerprint density at radius 3 is 2.48 bits per heavy atom. The van der Waals surface area contributed by atoms with Crippen LogP contribution in [0.25, 0.3) is 0 Å². The van der Waals surface area contributed by atoms with Gasteiger partial charge in [0.1, 0.15) is 5.75 Å². The van der Waals surface area contributed by atoms with Crippen LogP contribution in [0.1, 0.15) is 21.9 Å². The molecule has 1 heterocycles. The molecule has 0 aliphatic rings. The molecular weight excluding hydrogens is 278 g/mol. The molecule has 0 fully saturated rings. The van der Waals surface area contributed by atoms with Crippen LogP contribution in [0.3, 0.4) is 0 Å². The lowest BCUT2D eigenvalue weighted by molar-refractivity contribution is 0.414. The minimum Gasteiger partial charge on any atom is -0.497 e. The highest BCUT2D eigenvalue weighted by atomic mass is 32.1. The molecular formula is C18H17NOS. The van der Waals surface area contributed by atoms with Crippen LogP contribution in [-0.4, -0.2) is 7.11 Å². The third kappa shape index (κ3) is 2.78. The number of nitrogen functional groups attached to an aromatic ring is 1. The van der Waals surface area contributed by atoms with Crippen molar-refractivity contribution in [3.8, 4) is 5.75 Å². The highest BCUT2D eigenvalue weighted by Gasteiger charge is 2.20. The van der Waals surface area contributed by atoms with E-state index in [1.165, 1.54) is 10.4 Å². The standard InChI is InChI=1S/C18H17NOS/c1-20-14-9-10-16(19)15(12-14)18(17-8-5-11-21-17)13-6-3-2-4-7-13/h2-12,18H,19H2,1H3. The molecule has 3 rings (SSSR count). The second-order valence-electron chi connectivity index (χ2n) is 4.85. The van der Waals surface area contributed by atoms with Crippen LogP contribution in [0.2, 0.25) is 0 Å². The maximum Gasteiger partial charge on any atom is 0.119 e. The molecule has 0 aliphatic heterocycles. The summed E-state index contributed by atoms with van der Waals surface area (Å²) in [4.78, 5) is 1.28. The van der Waals surface area contributed by atoms with Crippen LogP contribution >= 0.6 is 11.3 Å². The van der Waals surface area contributed by atoms with E-state index < -0.39 is 0 Å². The molecule has 3 heteroatoms. The zero-order valence-electron chi connectivity index (χ0n) is 11.8. The summed E-state index contributed by atoms with van der Waals surface area (Å²) in [6, 6.07) is 20.5. The van der Waals surface area contributed by atoms with E-state index in [-0.39, 0.29) is 5.92 Å². The maximum absolute atomic E-state index is 6.24. The Kier molecular flexibility index (Phi) is 3.93. The van der Waals surface area contributed by atoms with Crippen LogP contribution < -0.4 is 10.5 Å². The van der Waals surface area contributed by atoms with Crippen molar-refractivity contribution >= 4 is 17.0 Å². The minimum absolute atomic E-state index is 0.140. The first-order chi connectivity index (χ1) is 10.3. The first-order valence-electron chi connectivity index (χ1n) is 6.81. The summed E-state index contributed by atoms with van der Waals surface area (Å²) < 4.78 is 5.36. The van der Waals surface area contributed by atoms with Crippen molar-refractivity contribution in [1.29, 1.82) is 0 Å². The summed E-state index contributed by atoms with van der Waals surface area (Å²) in [7, 11) is 1.68. The molecule has 1 unspecified atom stereocenters. The molecule has 0 saturated heterocycles. The number of methoxy groups -OCH3 is 1. The fraction of sp³-hybridized carbons (Fsp3) is 0.111. The van der Waals surface area contributed by atoms with E-state index in [1.807, 2.05) is 24.3 Å². The number of ether oxygens (including phenoxy) is 1. The molecule has 0 spiro atoms. The van der Waals surface area contributed by atoms with E-state index >= 15 is 0 Å². The van der Waals surface area contributed by atoms with Crippen molar-refractivity contribution in [1.82, 2.24) is 0 Å². The molecule has 0 saturated carbocycles. The van der Waals surface area contributed by atoms with Gasteiger partial charge in [-0.15, -0.1) is 11.3 Å². The van der Waals surface area contributed by atoms with Crippen molar-refractivity contribution in [3.05, 3.63) is 82.0 Å². The van der Waals surface area contributed by atoms with E-state index in [4.69, 9.17) is 10.5 Å². The number of benzene rings is 2. The number of rotatable bonds is 4. The van der Waals surface area contributed by atoms with Gasteiger partial charge in [0.15, 0.2) is 0 Å². The number of nitrogens with two attached hydrogens (primary N) is 1. The second-order valence-corrected chi connectivity index (χ2v) is 5.83. The van der Waals surface area contributed by atoms with Gasteiger partial charge in [-0.2, -0.15) is 0 Å². The fourth-order valence-electron chi connectivity index (χ4n) is 2.53. The molecule has 2 nitrogen and oxygen atoms in total. The number of thiophene rings is 1. The molecule has 1 aromatic heterocycles. The van der Waals surface area contributed by atoms with Gasteiger partial charge in [0.25, 0.3) is 0 Å². The van der Waals surface area contributed by atoms with Gasteiger partial charge < -0.3 is 10.5 Å². The van der Waals surface area contributed by atoms with Gasteiger partial charge in [-0.25, -0.2) is 0 Å². The van der Waals surface area contributed by atoms with Gasteiger partial charge >= 0.3 is 0 Å². The van der Waals surface area contributed by atoms with Crippen molar-refractivity contribution in [2.45, 2.75) is 5.92 Å². The Bertz CT molecular complexity index is 707. The largest absolute Gasteiger partial charge is 0.497 e. The van der Waals surface area contributed by atoms with Crippen LogP contribution in [0, 0.1) is 0 Å². The maximum atomic E-state index is 6.24. The van der Waals surface area contributed by atoms with Crippen LogP contribution in [0.4, 0.5) is 5.69 Å². The summed E-state index contributed by atoms with van der Waals surface area (Å²) in [5.41, 5.74) is 9.35. The summed E-state index contributed by atoms with van der Waals surface area (Å²) in [6.45, 7) is 0. The Labute approximate surface area is 128 Å². The molecule has 0 radical (unpaired) electrons. The van der Waals surface area contributed by atoms with Gasteiger partial charge in [0, 0.05) is 16.5 Å². The van der Waals surface area contributed by atoms with Crippen molar-refractivity contribution in [3.63, 3.8) is 0 Å². The Morgan fingerprint density at radius 2 is 1.81 bits per heavy atom. The monoisotopic (exact) mass is 295 g/mol. The third-order valence-corrected chi connectivity index (χ3v) is 4.50. The number of hydrogen-bond donors (Lipinski definition) is 1. The molecule has 0 amide bonds. The average molecular weight is 295 g/mol. The highest BCUT2D eigenvalue weighted by Crippen LogP contribution is 2.38. The first kappa shape index (κ1) is 13.7. The van der Waals surface area contributed by atoms with E-state index in [0.29, 0.717) is 0 Å². The Balaban J connectivity index is 2.17. The molecule has 21 heavy (non-hydrogen) atoms. The quantitative estimate of drug-likeness (QED) is 0.718. The van der Waals surface area contributed by atoms with Gasteiger partial charge in [0.2, 0.25) is 0 Å². The van der Waals surface area contributed by atoms with Crippen LogP contribution in [0.5, 0.6) is 5.75 Å². The highest BCUT2D eigenvalue weighted by molar-refractivity contribution is 7.10. The average Bonchev–Trinajstić information content (AvgIpc) is 3.04. The SMILES string of the molecule is COc1ccc(N)c(C(c2ccccc2)c2cccs2)c1. The third-order valence-electron chi connectivity index (χ3n) is 3.57. The number of hydrogen-bond acceptors (Lipinski definition) is 3. The zero-order chi connectivity index (χ0) is 14.7. The van der Waals surface area contributed by atoms with E-state index in [0.717, 1.165) is 17.0 Å². The predicted molar refractivity (Wildman–Crippen MR) is 89.1 cm³/mol. The molecule has 2 N–H and O–H groups in total. The molecule has 0 aliphatic carbocycles. The lowest BCUT2D eigenvalue weighted by Crippen LogP contribution is -2.05. The molecule has 2 aromatic carbocycles. The second kappa shape index (κ2) is 6.02. The van der Waals surface area contributed by atoms with Crippen molar-refractivity contribution < 1.29 is 4.74 Å². The Hall–Kier alpha value is -2.26. The summed E-state index contributed by atoms with van der Waals surface area (Å²) in [6.07, 6.45) is 0. The predicted octanol–water partition coefficient (Wildman–Crippen LogP) is 4.52. The van der Waals surface area contributed by atoms with Gasteiger partial charge in [-0.3, -0.25) is 0 Å². The zero-order valence-corrected chi connectivity index (χ0v) is 12.6. The van der Waals surface area contributed by atoms with Gasteiger partial charge in [0.05, 0.1) is 7.11 Å². The summed E-state index contributed by atoms with van der Waals surface area (Å²) in [5.74, 6) is 0.970. The normalized spacial score (nSPS) is 12.0. The van der Waals surface area contributed by atoms with Crippen LogP contribution in [-0.2, 0) is 0 Å². The molecule has 0 bridgehead atoms. The molecule has 3 aromatic rings. The summed E-state index contributed by atoms with van der Waals surface area (Å²) in [5, 5.41) is 2.10. The minimum atomic E-state index is 0.140. The van der Waals surface area contributed by atoms with Crippen LogP contribution in [0.15, 0.2) is 66.0 Å². The van der Waals surface area contributed by atoms with E-state index in [9.17, 15) is 0 Å². The summed E-state index contributed by atoms with van der Waals surface area (Å²) >= 11 is 1.75. The first-order valence-corrected chi connectivity index (χ1v) is 7.69. The van der Waals surface area contributed by atoms with Crippen molar-refractivity contribution in [2.24, 2.45) is 0 Å². The molecule has 106 valence electrons. The van der Waals surface area contributed by atoms with Crippen molar-refractivity contribution in [2.75, 3.05) is 12.8 Å². The van der Waals surface area contributed by atoms with E-state index in [1.54, 1.807) is 18.4 Å². The van der Waals surface area contributed by atoms with Gasteiger partial charge in [-0.05, 0) is 40.8 Å². The topological polar surface area (TPSA) is 35.2 Å². The number of anilines is 1. The lowest BCUT2D eigenvalue weighted by atomic mass is 9.89.